The molecule has 0 atom stereocenters. The summed E-state index contributed by atoms with van der Waals surface area (Å²) in [4.78, 5) is 23.8. The number of aromatic amines is 1. The van der Waals surface area contributed by atoms with Crippen LogP contribution in [0.2, 0.25) is 0 Å². The maximum Gasteiger partial charge on any atom is 0.293 e. The first-order valence-electron chi connectivity index (χ1n) is 6.20. The number of fused-ring (bicyclic) bond motifs is 1. The van der Waals surface area contributed by atoms with E-state index >= 15 is 0 Å². The molecule has 2 N–H and O–H groups in total. The number of ketones is 1. The zero-order valence-electron chi connectivity index (χ0n) is 11.8. The molecule has 20 heavy (non-hydrogen) atoms. The van der Waals surface area contributed by atoms with E-state index < -0.39 is 17.1 Å². The summed E-state index contributed by atoms with van der Waals surface area (Å²) in [5.74, 6) is -0.754. The predicted octanol–water partition coefficient (Wildman–Crippen LogP) is 3.19. The Morgan fingerprint density at radius 3 is 2.55 bits per heavy atom. The molecule has 2 aromatic rings. The van der Waals surface area contributed by atoms with E-state index in [4.69, 9.17) is 0 Å². The number of nitrogens with one attached hydrogen (secondary N) is 2. The van der Waals surface area contributed by atoms with Crippen LogP contribution in [0.25, 0.3) is 10.9 Å². The number of aromatic nitrogens is 2. The third-order valence-corrected chi connectivity index (χ3v) is 3.51. The van der Waals surface area contributed by atoms with Gasteiger partial charge in [-0.25, -0.2) is 0 Å². The van der Waals surface area contributed by atoms with Gasteiger partial charge in [0.1, 0.15) is 0 Å². The molecule has 1 aromatic carbocycles. The average Bonchev–Trinajstić information content (AvgIpc) is 2.70. The number of hydrogen-bond acceptors (Lipinski definition) is 3. The molecule has 6 heteroatoms. The summed E-state index contributed by atoms with van der Waals surface area (Å²) < 4.78 is 0.864. The maximum atomic E-state index is 11.9. The fourth-order valence-corrected chi connectivity index (χ4v) is 2.48. The molecule has 0 unspecified atom stereocenters. The zero-order valence-corrected chi connectivity index (χ0v) is 13.4. The van der Waals surface area contributed by atoms with Gasteiger partial charge in [-0.3, -0.25) is 14.7 Å². The molecule has 5 nitrogen and oxygen atoms in total. The fraction of sp³-hybridized carbons (Fsp3) is 0.357. The van der Waals surface area contributed by atoms with Crippen molar-refractivity contribution in [3.63, 3.8) is 0 Å². The Morgan fingerprint density at radius 2 is 1.95 bits per heavy atom. The summed E-state index contributed by atoms with van der Waals surface area (Å²) in [6, 6.07) is 3.85. The van der Waals surface area contributed by atoms with Crippen LogP contribution in [-0.2, 0) is 9.59 Å². The van der Waals surface area contributed by atoms with E-state index in [1.54, 1.807) is 20.8 Å². The standard InChI is InChI=1S/C14H16BrN3O2/c1-7-5-8-10(9(15)6-7)17-18-12(8)16-13(20)11(19)14(2,3)4/h5-6H,1-4H3,(H2,16,17,18,20). The number of aryl methyl sites for hydroxylation is 1. The summed E-state index contributed by atoms with van der Waals surface area (Å²) in [7, 11) is 0. The predicted molar refractivity (Wildman–Crippen MR) is 81.6 cm³/mol. The molecule has 2 rings (SSSR count). The summed E-state index contributed by atoms with van der Waals surface area (Å²) in [5, 5.41) is 10.3. The van der Waals surface area contributed by atoms with Gasteiger partial charge in [0, 0.05) is 15.3 Å². The lowest BCUT2D eigenvalue weighted by Gasteiger charge is -2.15. The van der Waals surface area contributed by atoms with E-state index in [2.05, 4.69) is 31.4 Å². The monoisotopic (exact) mass is 337 g/mol. The molecule has 0 saturated heterocycles. The van der Waals surface area contributed by atoms with Crippen LogP contribution >= 0.6 is 15.9 Å². The quantitative estimate of drug-likeness (QED) is 0.826. The molecular formula is C14H16BrN3O2. The van der Waals surface area contributed by atoms with Crippen molar-refractivity contribution in [1.29, 1.82) is 0 Å². The number of carbonyl (C=O) groups excluding carboxylic acids is 2. The van der Waals surface area contributed by atoms with Crippen LogP contribution < -0.4 is 5.32 Å². The summed E-state index contributed by atoms with van der Waals surface area (Å²) >= 11 is 3.44. The van der Waals surface area contributed by atoms with E-state index in [-0.39, 0.29) is 0 Å². The molecule has 0 radical (unpaired) electrons. The van der Waals surface area contributed by atoms with E-state index in [9.17, 15) is 9.59 Å². The number of benzene rings is 1. The van der Waals surface area contributed by atoms with Crippen molar-refractivity contribution in [2.24, 2.45) is 5.41 Å². The Bertz CT molecular complexity index is 698. The van der Waals surface area contributed by atoms with Gasteiger partial charge in [0.2, 0.25) is 5.78 Å². The van der Waals surface area contributed by atoms with E-state index in [1.165, 1.54) is 0 Å². The van der Waals surface area contributed by atoms with Crippen LogP contribution in [0.3, 0.4) is 0 Å². The highest BCUT2D eigenvalue weighted by atomic mass is 79.9. The first-order chi connectivity index (χ1) is 9.20. The van der Waals surface area contributed by atoms with Crippen molar-refractivity contribution in [1.82, 2.24) is 10.2 Å². The lowest BCUT2D eigenvalue weighted by atomic mass is 9.90. The Labute approximate surface area is 125 Å². The van der Waals surface area contributed by atoms with Gasteiger partial charge in [-0.2, -0.15) is 5.10 Å². The van der Waals surface area contributed by atoms with Crippen LogP contribution in [0, 0.1) is 12.3 Å². The lowest BCUT2D eigenvalue weighted by Crippen LogP contribution is -2.33. The van der Waals surface area contributed by atoms with Crippen LogP contribution in [-0.4, -0.2) is 21.9 Å². The third-order valence-electron chi connectivity index (χ3n) is 2.89. The summed E-state index contributed by atoms with van der Waals surface area (Å²) in [6.45, 7) is 7.07. The van der Waals surface area contributed by atoms with Gasteiger partial charge in [-0.05, 0) is 40.5 Å². The number of halogens is 1. The molecule has 0 saturated carbocycles. The molecule has 1 amide bonds. The highest BCUT2D eigenvalue weighted by Gasteiger charge is 2.29. The largest absolute Gasteiger partial charge is 0.302 e. The van der Waals surface area contributed by atoms with E-state index in [0.717, 1.165) is 20.9 Å². The maximum absolute atomic E-state index is 11.9. The SMILES string of the molecule is Cc1cc(Br)c2[nH]nc(NC(=O)C(=O)C(C)(C)C)c2c1. The molecule has 0 aliphatic rings. The number of rotatable bonds is 2. The lowest BCUT2D eigenvalue weighted by molar-refractivity contribution is -0.139. The average molecular weight is 338 g/mol. The van der Waals surface area contributed by atoms with E-state index in [0.29, 0.717) is 5.82 Å². The Balaban J connectivity index is 2.36. The second-order valence-electron chi connectivity index (χ2n) is 5.77. The smallest absolute Gasteiger partial charge is 0.293 e. The highest BCUT2D eigenvalue weighted by Crippen LogP contribution is 2.29. The highest BCUT2D eigenvalue weighted by molar-refractivity contribution is 9.10. The van der Waals surface area contributed by atoms with Gasteiger partial charge in [0.05, 0.1) is 5.52 Å². The number of Topliss-reactive ketones (excluding diaryl/α,β-unsaturated/α-hetero) is 1. The second kappa shape index (κ2) is 5.01. The third kappa shape index (κ3) is 2.75. The molecule has 0 spiro atoms. The Morgan fingerprint density at radius 1 is 1.30 bits per heavy atom. The summed E-state index contributed by atoms with van der Waals surface area (Å²) in [5.41, 5.74) is 1.10. The van der Waals surface area contributed by atoms with Gasteiger partial charge >= 0.3 is 0 Å². The van der Waals surface area contributed by atoms with Crippen molar-refractivity contribution in [3.05, 3.63) is 22.2 Å². The van der Waals surface area contributed by atoms with Gasteiger partial charge in [-0.15, -0.1) is 0 Å². The minimum Gasteiger partial charge on any atom is -0.302 e. The number of anilines is 1. The Kier molecular flexibility index (Phi) is 3.69. The molecule has 1 heterocycles. The molecule has 106 valence electrons. The number of nitrogens with zero attached hydrogens (tertiary/aromatic N) is 1. The molecule has 0 aliphatic carbocycles. The fourth-order valence-electron chi connectivity index (χ4n) is 1.81. The van der Waals surface area contributed by atoms with Gasteiger partial charge in [0.15, 0.2) is 5.82 Å². The molecule has 0 fully saturated rings. The van der Waals surface area contributed by atoms with Crippen molar-refractivity contribution in [2.75, 3.05) is 5.32 Å². The number of hydrogen-bond donors (Lipinski definition) is 2. The van der Waals surface area contributed by atoms with E-state index in [1.807, 2.05) is 19.1 Å². The minimum absolute atomic E-state index is 0.368. The summed E-state index contributed by atoms with van der Waals surface area (Å²) in [6.07, 6.45) is 0. The Hall–Kier alpha value is -1.69. The number of H-pyrrole nitrogens is 1. The first-order valence-corrected chi connectivity index (χ1v) is 6.99. The zero-order chi connectivity index (χ0) is 15.1. The molecule has 0 aliphatic heterocycles. The van der Waals surface area contributed by atoms with Crippen LogP contribution in [0.4, 0.5) is 5.82 Å². The topological polar surface area (TPSA) is 74.8 Å². The van der Waals surface area contributed by atoms with Gasteiger partial charge < -0.3 is 5.32 Å². The second-order valence-corrected chi connectivity index (χ2v) is 6.63. The molecule has 1 aromatic heterocycles. The van der Waals surface area contributed by atoms with Crippen LogP contribution in [0.1, 0.15) is 26.3 Å². The first kappa shape index (κ1) is 14.7. The van der Waals surface area contributed by atoms with Crippen LogP contribution in [0.5, 0.6) is 0 Å². The van der Waals surface area contributed by atoms with Gasteiger partial charge in [0.25, 0.3) is 5.91 Å². The van der Waals surface area contributed by atoms with Crippen molar-refractivity contribution < 1.29 is 9.59 Å². The number of carbonyl (C=O) groups is 2. The molecule has 0 bridgehead atoms. The normalized spacial score (nSPS) is 11.7. The minimum atomic E-state index is -0.716. The van der Waals surface area contributed by atoms with Gasteiger partial charge in [-0.1, -0.05) is 20.8 Å². The molecular weight excluding hydrogens is 322 g/mol. The van der Waals surface area contributed by atoms with Crippen molar-refractivity contribution >= 4 is 44.3 Å². The van der Waals surface area contributed by atoms with Crippen molar-refractivity contribution in [2.45, 2.75) is 27.7 Å². The van der Waals surface area contributed by atoms with Crippen molar-refractivity contribution in [3.8, 4) is 0 Å². The van der Waals surface area contributed by atoms with Crippen LogP contribution in [0.15, 0.2) is 16.6 Å². The number of amides is 1.